The van der Waals surface area contributed by atoms with E-state index in [0.717, 1.165) is 16.0 Å². The molecule has 0 spiro atoms. The predicted octanol–water partition coefficient (Wildman–Crippen LogP) is 6.52. The molecule has 0 saturated heterocycles. The first-order valence-electron chi connectivity index (χ1n) is 13.2. The molecule has 12 heteroatoms. The van der Waals surface area contributed by atoms with Crippen molar-refractivity contribution in [2.75, 3.05) is 20.8 Å². The van der Waals surface area contributed by atoms with Crippen molar-refractivity contribution in [2.24, 2.45) is 5.92 Å². The molecule has 1 aromatic carbocycles. The second-order valence-corrected chi connectivity index (χ2v) is 12.0. The molecule has 0 aliphatic carbocycles. The maximum absolute atomic E-state index is 15.5. The predicted molar refractivity (Wildman–Crippen MR) is 158 cm³/mol. The van der Waals surface area contributed by atoms with Crippen molar-refractivity contribution in [3.05, 3.63) is 45.5 Å². The van der Waals surface area contributed by atoms with Crippen LogP contribution in [0.2, 0.25) is 0 Å². The van der Waals surface area contributed by atoms with Crippen molar-refractivity contribution in [3.8, 4) is 17.2 Å². The van der Waals surface area contributed by atoms with Crippen LogP contribution in [0.4, 0.5) is 4.39 Å². The van der Waals surface area contributed by atoms with Gasteiger partial charge in [0.25, 0.3) is 0 Å². The van der Waals surface area contributed by atoms with E-state index in [-0.39, 0.29) is 65.0 Å². The van der Waals surface area contributed by atoms with Gasteiger partial charge in [-0.3, -0.25) is 14.4 Å². The van der Waals surface area contributed by atoms with Crippen LogP contribution in [0.25, 0.3) is 20.3 Å². The zero-order chi connectivity index (χ0) is 30.6. The van der Waals surface area contributed by atoms with Gasteiger partial charge in [0, 0.05) is 41.5 Å². The van der Waals surface area contributed by atoms with Crippen molar-refractivity contribution < 1.29 is 42.9 Å². The highest BCUT2D eigenvalue weighted by Crippen LogP contribution is 2.40. The largest absolute Gasteiger partial charge is 0.495 e. The summed E-state index contributed by atoms with van der Waals surface area (Å²) in [5.41, 5.74) is 1.32. The molecule has 1 atom stereocenters. The minimum absolute atomic E-state index is 0.0380. The molecule has 3 heterocycles. The van der Waals surface area contributed by atoms with E-state index in [4.69, 9.17) is 19.3 Å². The molecule has 0 fully saturated rings. The minimum Gasteiger partial charge on any atom is -0.495 e. The number of benzene rings is 1. The molecule has 0 amide bonds. The number of aliphatic carboxylic acids is 1. The Labute approximate surface area is 249 Å². The van der Waals surface area contributed by atoms with Gasteiger partial charge < -0.3 is 24.1 Å². The summed E-state index contributed by atoms with van der Waals surface area (Å²) >= 11 is 2.38. The third kappa shape index (κ3) is 6.93. The number of Topliss-reactive ketones (excluding diaryl/α,β-unsaturated/α-hetero) is 3. The second kappa shape index (κ2) is 13.4. The summed E-state index contributed by atoms with van der Waals surface area (Å²) in [6, 6.07) is 6.57. The normalized spacial score (nSPS) is 11.9. The summed E-state index contributed by atoms with van der Waals surface area (Å²) in [5, 5.41) is 9.29. The molecule has 42 heavy (non-hydrogen) atoms. The summed E-state index contributed by atoms with van der Waals surface area (Å²) in [5.74, 6) is -2.44. The molecule has 9 nitrogen and oxygen atoms in total. The van der Waals surface area contributed by atoms with Gasteiger partial charge in [0.05, 0.1) is 52.4 Å². The number of ketones is 3. The molecule has 0 radical (unpaired) electrons. The van der Waals surface area contributed by atoms with Crippen molar-refractivity contribution in [3.63, 3.8) is 0 Å². The zero-order valence-corrected chi connectivity index (χ0v) is 25.2. The van der Waals surface area contributed by atoms with Crippen LogP contribution < -0.4 is 14.2 Å². The van der Waals surface area contributed by atoms with Crippen LogP contribution in [0.3, 0.4) is 0 Å². The first kappa shape index (κ1) is 31.0. The van der Waals surface area contributed by atoms with E-state index in [1.54, 1.807) is 12.1 Å². The first-order valence-corrected chi connectivity index (χ1v) is 14.8. The van der Waals surface area contributed by atoms with Gasteiger partial charge in [-0.1, -0.05) is 6.92 Å². The highest BCUT2D eigenvalue weighted by molar-refractivity contribution is 7.21. The van der Waals surface area contributed by atoms with Crippen LogP contribution in [0, 0.1) is 11.7 Å². The maximum atomic E-state index is 15.5. The van der Waals surface area contributed by atoms with Gasteiger partial charge in [0.15, 0.2) is 28.9 Å². The number of halogens is 1. The number of carboxylic acid groups (broad SMARTS) is 1. The molecule has 0 unspecified atom stereocenters. The number of pyridine rings is 1. The average molecular weight is 616 g/mol. The number of hydrogen-bond acceptors (Lipinski definition) is 10. The number of hydrogen-bond donors (Lipinski definition) is 1. The molecule has 1 N–H and O–H groups in total. The van der Waals surface area contributed by atoms with Crippen LogP contribution in [0.1, 0.15) is 64.6 Å². The molecule has 4 aromatic rings. The number of carboxylic acids is 1. The second-order valence-electron chi connectivity index (χ2n) is 9.82. The Morgan fingerprint density at radius 1 is 0.952 bits per heavy atom. The SMILES string of the molecule is COc1cc2sc(C(=O)CCC(C)=O)cc2nc1CCCOc1c(OC)cc2sc(C(=O)C[C@H](C)C(=O)O)cc2c1F. The Morgan fingerprint density at radius 3 is 2.29 bits per heavy atom. The smallest absolute Gasteiger partial charge is 0.306 e. The van der Waals surface area contributed by atoms with Gasteiger partial charge in [-0.2, -0.15) is 0 Å². The van der Waals surface area contributed by atoms with Crippen LogP contribution in [0.15, 0.2) is 24.3 Å². The lowest BCUT2D eigenvalue weighted by Crippen LogP contribution is -2.13. The van der Waals surface area contributed by atoms with E-state index in [0.29, 0.717) is 39.4 Å². The highest BCUT2D eigenvalue weighted by Gasteiger charge is 2.23. The van der Waals surface area contributed by atoms with Crippen molar-refractivity contribution in [1.82, 2.24) is 4.98 Å². The van der Waals surface area contributed by atoms with Gasteiger partial charge in [-0.05, 0) is 31.9 Å². The van der Waals surface area contributed by atoms with Crippen molar-refractivity contribution in [1.29, 1.82) is 0 Å². The zero-order valence-electron chi connectivity index (χ0n) is 23.6. The van der Waals surface area contributed by atoms with Crippen LogP contribution in [-0.2, 0) is 16.0 Å². The quantitative estimate of drug-likeness (QED) is 0.117. The van der Waals surface area contributed by atoms with Gasteiger partial charge in [-0.15, -0.1) is 22.7 Å². The number of rotatable bonds is 15. The lowest BCUT2D eigenvalue weighted by Gasteiger charge is -2.13. The number of nitrogens with zero attached hydrogens (tertiary/aromatic N) is 1. The Kier molecular flexibility index (Phi) is 9.89. The molecule has 222 valence electrons. The topological polar surface area (TPSA) is 129 Å². The van der Waals surface area contributed by atoms with Crippen LogP contribution in [-0.4, -0.2) is 54.2 Å². The van der Waals surface area contributed by atoms with Crippen LogP contribution >= 0.6 is 22.7 Å². The van der Waals surface area contributed by atoms with Crippen molar-refractivity contribution >= 4 is 66.3 Å². The monoisotopic (exact) mass is 615 g/mol. The molecule has 0 aliphatic rings. The summed E-state index contributed by atoms with van der Waals surface area (Å²) in [7, 11) is 2.93. The standard InChI is InChI=1S/C30H30FNO8S2/c1-15(30(36)37)10-21(35)26-11-17-24(41-26)14-23(39-4)29(28(17)31)40-9-5-6-18-22(38-3)13-25-19(32-18)12-27(42-25)20(34)8-7-16(2)33/h11-15H,5-10H2,1-4H3,(H,36,37)/t15-/m0/s1. The van der Waals surface area contributed by atoms with Crippen LogP contribution in [0.5, 0.6) is 17.2 Å². The van der Waals surface area contributed by atoms with E-state index in [1.807, 2.05) is 6.07 Å². The molecule has 0 aliphatic heterocycles. The number of carbonyl (C=O) groups excluding carboxylic acids is 3. The lowest BCUT2D eigenvalue weighted by atomic mass is 10.0. The summed E-state index contributed by atoms with van der Waals surface area (Å²) < 4.78 is 33.5. The van der Waals surface area contributed by atoms with E-state index >= 15 is 4.39 Å². The Balaban J connectivity index is 1.47. The maximum Gasteiger partial charge on any atom is 0.306 e. The third-order valence-electron chi connectivity index (χ3n) is 6.64. The fraction of sp³-hybridized carbons (Fsp3) is 0.367. The lowest BCUT2D eigenvalue weighted by molar-refractivity contribution is -0.141. The molecule has 0 bridgehead atoms. The number of aromatic nitrogens is 1. The van der Waals surface area contributed by atoms with E-state index < -0.39 is 17.7 Å². The van der Waals surface area contributed by atoms with Gasteiger partial charge in [0.2, 0.25) is 0 Å². The molecule has 4 rings (SSSR count). The molecule has 3 aromatic heterocycles. The van der Waals surface area contributed by atoms with E-state index in [9.17, 15) is 19.2 Å². The molecule has 0 saturated carbocycles. The summed E-state index contributed by atoms with van der Waals surface area (Å²) in [4.78, 5) is 52.9. The summed E-state index contributed by atoms with van der Waals surface area (Å²) in [6.07, 6.45) is 1.09. The highest BCUT2D eigenvalue weighted by atomic mass is 32.1. The fourth-order valence-electron chi connectivity index (χ4n) is 4.30. The van der Waals surface area contributed by atoms with Gasteiger partial charge in [-0.25, -0.2) is 9.37 Å². The number of aryl methyl sites for hydroxylation is 1. The van der Waals surface area contributed by atoms with Gasteiger partial charge >= 0.3 is 5.97 Å². The minimum atomic E-state index is -1.07. The molecular weight excluding hydrogens is 585 g/mol. The Hall–Kier alpha value is -3.90. The number of fused-ring (bicyclic) bond motifs is 2. The van der Waals surface area contributed by atoms with Gasteiger partial charge in [0.1, 0.15) is 11.5 Å². The summed E-state index contributed by atoms with van der Waals surface area (Å²) in [6.45, 7) is 3.03. The average Bonchev–Trinajstić information content (AvgIpc) is 3.58. The fourth-order valence-corrected chi connectivity index (χ4v) is 6.33. The van der Waals surface area contributed by atoms with E-state index in [2.05, 4.69) is 4.98 Å². The Morgan fingerprint density at radius 2 is 1.62 bits per heavy atom. The number of carbonyl (C=O) groups is 4. The van der Waals surface area contributed by atoms with Crippen molar-refractivity contribution in [2.45, 2.75) is 46.0 Å². The number of ether oxygens (including phenoxy) is 3. The Bertz CT molecular complexity index is 1680. The molecular formula is C30H30FNO8S2. The number of methoxy groups -OCH3 is 2. The first-order chi connectivity index (χ1) is 20.0. The third-order valence-corrected chi connectivity index (χ3v) is 8.87. The van der Waals surface area contributed by atoms with E-state index in [1.165, 1.54) is 45.5 Å². The number of thiophene rings is 2.